The van der Waals surface area contributed by atoms with Crippen LogP contribution >= 0.6 is 11.8 Å². The van der Waals surface area contributed by atoms with Crippen LogP contribution in [0.5, 0.6) is 0 Å². The van der Waals surface area contributed by atoms with Crippen LogP contribution in [0.2, 0.25) is 0 Å². The highest BCUT2D eigenvalue weighted by Crippen LogP contribution is 2.40. The number of hydrogen-bond acceptors (Lipinski definition) is 4. The molecule has 0 saturated carbocycles. The van der Waals surface area contributed by atoms with Crippen LogP contribution in [0.15, 0.2) is 34.2 Å². The Bertz CT molecular complexity index is 836. The van der Waals surface area contributed by atoms with Crippen LogP contribution in [-0.4, -0.2) is 42.2 Å². The molecule has 0 aliphatic carbocycles. The summed E-state index contributed by atoms with van der Waals surface area (Å²) in [7, 11) is 3.48. The molecule has 3 rings (SSSR count). The molecule has 26 heavy (non-hydrogen) atoms. The minimum Gasteiger partial charge on any atom is -0.362 e. The van der Waals surface area contributed by atoms with E-state index in [2.05, 4.69) is 61.9 Å². The normalized spacial score (nSPS) is 22.2. The van der Waals surface area contributed by atoms with Crippen molar-refractivity contribution in [1.82, 2.24) is 4.90 Å². The van der Waals surface area contributed by atoms with Gasteiger partial charge in [-0.05, 0) is 68.3 Å². The largest absolute Gasteiger partial charge is 0.362 e. The van der Waals surface area contributed by atoms with E-state index >= 15 is 0 Å². The van der Waals surface area contributed by atoms with Gasteiger partial charge in [0.25, 0.3) is 5.91 Å². The van der Waals surface area contributed by atoms with Gasteiger partial charge in [-0.2, -0.15) is 0 Å². The van der Waals surface area contributed by atoms with Crippen molar-refractivity contribution >= 4 is 40.2 Å². The smallest absolute Gasteiger partial charge is 0.266 e. The molecule has 1 fully saturated rings. The number of fused-ring (bicyclic) bond motifs is 1. The Kier molecular flexibility index (Phi) is 5.02. The maximum atomic E-state index is 12.4. The molecule has 0 atom stereocenters. The van der Waals surface area contributed by atoms with E-state index in [1.165, 1.54) is 28.6 Å². The van der Waals surface area contributed by atoms with Gasteiger partial charge in [-0.25, -0.2) is 0 Å². The first-order chi connectivity index (χ1) is 12.3. The zero-order valence-electron chi connectivity index (χ0n) is 16.5. The van der Waals surface area contributed by atoms with E-state index in [4.69, 9.17) is 0 Å². The number of allylic oxidation sites excluding steroid dienone is 1. The van der Waals surface area contributed by atoms with Crippen LogP contribution in [0.3, 0.4) is 0 Å². The second kappa shape index (κ2) is 6.95. The monoisotopic (exact) mass is 369 g/mol. The predicted octanol–water partition coefficient (Wildman–Crippen LogP) is 4.63. The molecule has 1 saturated heterocycles. The van der Waals surface area contributed by atoms with Crippen LogP contribution in [0.4, 0.5) is 5.69 Å². The second-order valence-electron chi connectivity index (χ2n) is 7.39. The van der Waals surface area contributed by atoms with Gasteiger partial charge in [-0.15, -0.1) is 0 Å². The summed E-state index contributed by atoms with van der Waals surface area (Å²) in [5, 5.41) is 0.742. The lowest BCUT2D eigenvalue weighted by Crippen LogP contribution is -2.45. The Labute approximate surface area is 160 Å². The molecule has 0 N–H and O–H groups in total. The van der Waals surface area contributed by atoms with Crippen molar-refractivity contribution in [2.24, 2.45) is 4.99 Å². The summed E-state index contributed by atoms with van der Waals surface area (Å²) in [5.41, 5.74) is 4.88. The van der Waals surface area contributed by atoms with Crippen LogP contribution < -0.4 is 4.90 Å². The van der Waals surface area contributed by atoms with Crippen molar-refractivity contribution in [3.63, 3.8) is 0 Å². The van der Waals surface area contributed by atoms with Crippen molar-refractivity contribution < 1.29 is 4.79 Å². The number of likely N-dealkylation sites (N-methyl/N-ethyl adjacent to an activating group) is 1. The van der Waals surface area contributed by atoms with Crippen molar-refractivity contribution in [1.29, 1.82) is 0 Å². The minimum atomic E-state index is 0.00864. The SMILES string of the molecule is CCCN1c2ccc(/C=C3/SC(=NC)N(C)C3=O)cc2C(C)=CC1(C)C. The molecule has 4 nitrogen and oxygen atoms in total. The third-order valence-corrected chi connectivity index (χ3v) is 6.09. The highest BCUT2D eigenvalue weighted by Gasteiger charge is 2.32. The summed E-state index contributed by atoms with van der Waals surface area (Å²) in [5.74, 6) is 0.00864. The average Bonchev–Trinajstić information content (AvgIpc) is 2.86. The van der Waals surface area contributed by atoms with E-state index in [1.807, 2.05) is 6.08 Å². The number of anilines is 1. The Morgan fingerprint density at radius 3 is 2.65 bits per heavy atom. The number of hydrogen-bond donors (Lipinski definition) is 0. The number of benzene rings is 1. The lowest BCUT2D eigenvalue weighted by atomic mass is 9.88. The van der Waals surface area contributed by atoms with Gasteiger partial charge in [0.2, 0.25) is 0 Å². The Morgan fingerprint density at radius 1 is 1.31 bits per heavy atom. The molecule has 138 valence electrons. The Morgan fingerprint density at radius 2 is 2.04 bits per heavy atom. The lowest BCUT2D eigenvalue weighted by molar-refractivity contribution is -0.121. The van der Waals surface area contributed by atoms with E-state index in [-0.39, 0.29) is 11.4 Å². The lowest BCUT2D eigenvalue weighted by Gasteiger charge is -2.43. The third-order valence-electron chi connectivity index (χ3n) is 4.94. The van der Waals surface area contributed by atoms with E-state index < -0.39 is 0 Å². The first-order valence-corrected chi connectivity index (χ1v) is 9.86. The molecular weight excluding hydrogens is 342 g/mol. The van der Waals surface area contributed by atoms with Gasteiger partial charge >= 0.3 is 0 Å². The molecule has 5 heteroatoms. The van der Waals surface area contributed by atoms with E-state index in [1.54, 1.807) is 19.0 Å². The highest BCUT2D eigenvalue weighted by molar-refractivity contribution is 8.18. The molecule has 0 radical (unpaired) electrons. The minimum absolute atomic E-state index is 0.00864. The molecule has 0 spiro atoms. The molecular formula is C21H27N3OS. The van der Waals surface area contributed by atoms with Crippen molar-refractivity contribution in [2.45, 2.75) is 39.7 Å². The van der Waals surface area contributed by atoms with Crippen LogP contribution in [0.25, 0.3) is 11.6 Å². The number of rotatable bonds is 3. The first-order valence-electron chi connectivity index (χ1n) is 9.04. The fourth-order valence-corrected chi connectivity index (χ4v) is 4.65. The standard InChI is InChI=1S/C21H27N3OS/c1-7-10-24-17-9-8-15(11-16(17)14(2)13-21(24,3)4)12-18-19(25)23(6)20(22-5)26-18/h8-9,11-13H,7,10H2,1-6H3/b18-12+,22-20?. The maximum absolute atomic E-state index is 12.4. The zero-order valence-corrected chi connectivity index (χ0v) is 17.3. The van der Waals surface area contributed by atoms with Crippen LogP contribution in [0.1, 0.15) is 45.2 Å². The number of carbonyl (C=O) groups is 1. The third kappa shape index (κ3) is 3.20. The van der Waals surface area contributed by atoms with E-state index in [9.17, 15) is 4.79 Å². The fraction of sp³-hybridized carbons (Fsp3) is 0.429. The number of aliphatic imine (C=N–C) groups is 1. The summed E-state index contributed by atoms with van der Waals surface area (Å²) in [6.07, 6.45) is 5.42. The number of nitrogens with zero attached hydrogens (tertiary/aromatic N) is 3. The maximum Gasteiger partial charge on any atom is 0.266 e. The molecule has 0 aromatic heterocycles. The summed E-state index contributed by atoms with van der Waals surface area (Å²) in [4.78, 5) is 21.3. The quantitative estimate of drug-likeness (QED) is 0.729. The van der Waals surface area contributed by atoms with Gasteiger partial charge in [0, 0.05) is 31.9 Å². The molecule has 1 aromatic rings. The number of amidine groups is 1. The van der Waals surface area contributed by atoms with Gasteiger partial charge in [0.05, 0.1) is 10.4 Å². The van der Waals surface area contributed by atoms with Gasteiger partial charge in [-0.1, -0.05) is 19.1 Å². The summed E-state index contributed by atoms with van der Waals surface area (Å²) >= 11 is 1.43. The van der Waals surface area contributed by atoms with Crippen LogP contribution in [0, 0.1) is 0 Å². The Hall–Kier alpha value is -2.01. The van der Waals surface area contributed by atoms with Crippen LogP contribution in [-0.2, 0) is 4.79 Å². The molecule has 0 bridgehead atoms. The number of carbonyl (C=O) groups excluding carboxylic acids is 1. The Balaban J connectivity index is 2.01. The van der Waals surface area contributed by atoms with Crippen molar-refractivity contribution in [2.75, 3.05) is 25.5 Å². The molecule has 0 unspecified atom stereocenters. The summed E-state index contributed by atoms with van der Waals surface area (Å²) in [6.45, 7) is 9.94. The summed E-state index contributed by atoms with van der Waals surface area (Å²) < 4.78 is 0. The molecule has 2 aliphatic heterocycles. The number of thioether (sulfide) groups is 1. The number of amides is 1. The van der Waals surface area contributed by atoms with Crippen molar-refractivity contribution in [3.8, 4) is 0 Å². The van der Waals surface area contributed by atoms with Gasteiger partial charge in [0.15, 0.2) is 5.17 Å². The molecule has 1 amide bonds. The van der Waals surface area contributed by atoms with E-state index in [0.717, 1.165) is 28.6 Å². The molecule has 2 heterocycles. The molecule has 2 aliphatic rings. The zero-order chi connectivity index (χ0) is 19.1. The summed E-state index contributed by atoms with van der Waals surface area (Å²) in [6, 6.07) is 6.50. The van der Waals surface area contributed by atoms with Gasteiger partial charge in [-0.3, -0.25) is 14.7 Å². The van der Waals surface area contributed by atoms with E-state index in [0.29, 0.717) is 0 Å². The van der Waals surface area contributed by atoms with Gasteiger partial charge < -0.3 is 4.90 Å². The average molecular weight is 370 g/mol. The van der Waals surface area contributed by atoms with Gasteiger partial charge in [0.1, 0.15) is 0 Å². The second-order valence-corrected chi connectivity index (χ2v) is 8.40. The predicted molar refractivity (Wildman–Crippen MR) is 114 cm³/mol. The molecule has 1 aromatic carbocycles. The fourth-order valence-electron chi connectivity index (χ4n) is 3.72. The first kappa shape index (κ1) is 18.8. The topological polar surface area (TPSA) is 35.9 Å². The highest BCUT2D eigenvalue weighted by atomic mass is 32.2. The van der Waals surface area contributed by atoms with Crippen molar-refractivity contribution in [3.05, 3.63) is 40.3 Å².